The van der Waals surface area contributed by atoms with Crippen LogP contribution in [-0.4, -0.2) is 18.8 Å². The third-order valence-electron chi connectivity index (χ3n) is 1.66. The number of ether oxygens (including phenoxy) is 2. The summed E-state index contributed by atoms with van der Waals surface area (Å²) in [6.07, 6.45) is -0.509. The molecule has 0 fully saturated rings. The van der Waals surface area contributed by atoms with Gasteiger partial charge in [-0.25, -0.2) is 4.79 Å². The number of rotatable bonds is 2. The molecule has 0 unspecified atom stereocenters. The van der Waals surface area contributed by atoms with Crippen LogP contribution in [0.5, 0.6) is 5.75 Å². The number of hydrogen-bond donors (Lipinski definition) is 1. The van der Waals surface area contributed by atoms with Gasteiger partial charge in [-0.2, -0.15) is 0 Å². The van der Waals surface area contributed by atoms with Gasteiger partial charge in [0.15, 0.2) is 0 Å². The highest BCUT2D eigenvalue weighted by atomic mass is 16.6. The van der Waals surface area contributed by atoms with Crippen molar-refractivity contribution in [2.75, 3.05) is 12.4 Å². The maximum atomic E-state index is 11.5. The largest absolute Gasteiger partial charge is 0.494 e. The molecule has 0 aromatic heterocycles. The molecule has 1 aromatic rings. The number of methoxy groups -OCH3 is 1. The number of amides is 1. The summed E-state index contributed by atoms with van der Waals surface area (Å²) in [7, 11) is 1.52. The monoisotopic (exact) mass is 222 g/mol. The zero-order chi connectivity index (χ0) is 12.2. The smallest absolute Gasteiger partial charge is 0.412 e. The Balaban J connectivity index is 2.70. The molecule has 0 saturated carbocycles. The van der Waals surface area contributed by atoms with Crippen molar-refractivity contribution in [1.82, 2.24) is 0 Å². The highest BCUT2D eigenvalue weighted by Gasteiger charge is 2.17. The summed E-state index contributed by atoms with van der Waals surface area (Å²) in [5, 5.41) is 2.60. The third kappa shape index (κ3) is 3.81. The fraction of sp³-hybridized carbons (Fsp3) is 0.417. The summed E-state index contributed by atoms with van der Waals surface area (Å²) in [5.74, 6) is 0.480. The Morgan fingerprint density at radius 2 is 2.12 bits per heavy atom. The van der Waals surface area contributed by atoms with Crippen molar-refractivity contribution < 1.29 is 14.3 Å². The van der Waals surface area contributed by atoms with Crippen molar-refractivity contribution in [3.05, 3.63) is 24.3 Å². The van der Waals surface area contributed by atoms with E-state index in [1.165, 1.54) is 7.11 Å². The second-order valence-electron chi connectivity index (χ2n) is 4.24. The van der Waals surface area contributed by atoms with Crippen LogP contribution in [0.1, 0.15) is 20.8 Å². The Hall–Kier alpha value is -1.71. The fourth-order valence-electron chi connectivity index (χ4n) is 1.10. The Bertz CT molecular complexity index is 369. The molecule has 0 aliphatic carbocycles. The minimum atomic E-state index is -0.518. The van der Waals surface area contributed by atoms with Crippen LogP contribution in [0.25, 0.3) is 0 Å². The van der Waals surface area contributed by atoms with Gasteiger partial charge in [0.05, 0.1) is 12.8 Å². The van der Waals surface area contributed by atoms with Crippen LogP contribution < -0.4 is 10.1 Å². The molecule has 87 valence electrons. The molecule has 1 rings (SSSR count). The Morgan fingerprint density at radius 3 is 2.69 bits per heavy atom. The van der Waals surface area contributed by atoms with Crippen molar-refractivity contribution in [2.24, 2.45) is 0 Å². The van der Waals surface area contributed by atoms with Gasteiger partial charge in [-0.05, 0) is 26.8 Å². The van der Waals surface area contributed by atoms with Crippen LogP contribution in [0.4, 0.5) is 10.5 Å². The van der Waals surface area contributed by atoms with Crippen LogP contribution >= 0.6 is 0 Å². The standard InChI is InChI=1S/C12H16NO3/c1-12(2,3)16-11(14)13-9-7-5-6-8-10(9)15-4/h5-7H,1-4H3,(H,13,14). The van der Waals surface area contributed by atoms with Crippen molar-refractivity contribution in [3.8, 4) is 5.75 Å². The summed E-state index contributed by atoms with van der Waals surface area (Å²) in [6.45, 7) is 5.42. The minimum Gasteiger partial charge on any atom is -0.494 e. The van der Waals surface area contributed by atoms with Gasteiger partial charge in [-0.1, -0.05) is 12.1 Å². The Labute approximate surface area is 95.6 Å². The normalized spacial score (nSPS) is 10.8. The zero-order valence-corrected chi connectivity index (χ0v) is 9.96. The lowest BCUT2D eigenvalue weighted by atomic mass is 10.2. The van der Waals surface area contributed by atoms with E-state index in [0.29, 0.717) is 11.4 Å². The molecule has 4 nitrogen and oxygen atoms in total. The molecule has 1 radical (unpaired) electrons. The summed E-state index contributed by atoms with van der Waals surface area (Å²) >= 11 is 0. The fourth-order valence-corrected chi connectivity index (χ4v) is 1.10. The van der Waals surface area contributed by atoms with Gasteiger partial charge < -0.3 is 9.47 Å². The average molecular weight is 222 g/mol. The molecule has 0 spiro atoms. The zero-order valence-electron chi connectivity index (χ0n) is 9.96. The van der Waals surface area contributed by atoms with Gasteiger partial charge in [0, 0.05) is 6.07 Å². The summed E-state index contributed by atoms with van der Waals surface area (Å²) in [6, 6.07) is 8.05. The van der Waals surface area contributed by atoms with Crippen LogP contribution in [0.3, 0.4) is 0 Å². The number of para-hydroxylation sites is 1. The van der Waals surface area contributed by atoms with E-state index in [-0.39, 0.29) is 0 Å². The topological polar surface area (TPSA) is 47.6 Å². The quantitative estimate of drug-likeness (QED) is 0.837. The molecule has 0 aliphatic rings. The first-order chi connectivity index (χ1) is 7.42. The van der Waals surface area contributed by atoms with E-state index in [1.54, 1.807) is 39.0 Å². The molecule has 1 amide bonds. The number of carbonyl (C=O) groups is 1. The predicted molar refractivity (Wildman–Crippen MR) is 61.7 cm³/mol. The first kappa shape index (κ1) is 12.4. The molecule has 0 aliphatic heterocycles. The number of anilines is 1. The third-order valence-corrected chi connectivity index (χ3v) is 1.66. The van der Waals surface area contributed by atoms with Gasteiger partial charge in [0.2, 0.25) is 0 Å². The Kier molecular flexibility index (Phi) is 3.77. The van der Waals surface area contributed by atoms with Gasteiger partial charge >= 0.3 is 6.09 Å². The van der Waals surface area contributed by atoms with E-state index in [2.05, 4.69) is 11.4 Å². The van der Waals surface area contributed by atoms with Crippen LogP contribution in [0, 0.1) is 6.07 Å². The van der Waals surface area contributed by atoms with Crippen molar-refractivity contribution in [3.63, 3.8) is 0 Å². The highest BCUT2D eigenvalue weighted by Crippen LogP contribution is 2.23. The van der Waals surface area contributed by atoms with E-state index in [9.17, 15) is 4.79 Å². The van der Waals surface area contributed by atoms with Crippen LogP contribution in [0.2, 0.25) is 0 Å². The van der Waals surface area contributed by atoms with Gasteiger partial charge in [0.1, 0.15) is 11.4 Å². The molecule has 0 saturated heterocycles. The van der Waals surface area contributed by atoms with E-state index < -0.39 is 11.7 Å². The van der Waals surface area contributed by atoms with Gasteiger partial charge in [-0.3, -0.25) is 5.32 Å². The van der Waals surface area contributed by atoms with Crippen molar-refractivity contribution >= 4 is 11.8 Å². The molecule has 1 aromatic carbocycles. The molecular weight excluding hydrogens is 206 g/mol. The Morgan fingerprint density at radius 1 is 1.44 bits per heavy atom. The second-order valence-corrected chi connectivity index (χ2v) is 4.24. The first-order valence-corrected chi connectivity index (χ1v) is 4.97. The molecule has 16 heavy (non-hydrogen) atoms. The second kappa shape index (κ2) is 4.88. The van der Waals surface area contributed by atoms with E-state index in [1.807, 2.05) is 0 Å². The number of hydrogen-bond acceptors (Lipinski definition) is 3. The minimum absolute atomic E-state index is 0.480. The van der Waals surface area contributed by atoms with Crippen molar-refractivity contribution in [2.45, 2.75) is 26.4 Å². The van der Waals surface area contributed by atoms with Gasteiger partial charge in [0.25, 0.3) is 0 Å². The number of benzene rings is 1. The number of nitrogens with one attached hydrogen (secondary N) is 1. The van der Waals surface area contributed by atoms with Gasteiger partial charge in [-0.15, -0.1) is 0 Å². The molecule has 0 atom stereocenters. The van der Waals surface area contributed by atoms with E-state index in [4.69, 9.17) is 9.47 Å². The first-order valence-electron chi connectivity index (χ1n) is 4.97. The predicted octanol–water partition coefficient (Wildman–Crippen LogP) is 2.84. The maximum absolute atomic E-state index is 11.5. The number of carbonyl (C=O) groups excluding carboxylic acids is 1. The maximum Gasteiger partial charge on any atom is 0.412 e. The van der Waals surface area contributed by atoms with Crippen molar-refractivity contribution in [1.29, 1.82) is 0 Å². The SMILES string of the molecule is COc1[c]cccc1NC(=O)OC(C)(C)C. The van der Waals surface area contributed by atoms with Crippen LogP contribution in [-0.2, 0) is 4.74 Å². The summed E-state index contributed by atoms with van der Waals surface area (Å²) < 4.78 is 10.2. The molecular formula is C12H16NO3. The summed E-state index contributed by atoms with van der Waals surface area (Å²) in [5.41, 5.74) is 0.0229. The molecule has 1 N–H and O–H groups in total. The van der Waals surface area contributed by atoms with E-state index >= 15 is 0 Å². The lowest BCUT2D eigenvalue weighted by Crippen LogP contribution is -2.27. The molecule has 0 heterocycles. The van der Waals surface area contributed by atoms with Crippen LogP contribution in [0.15, 0.2) is 18.2 Å². The molecule has 4 heteroatoms. The lowest BCUT2D eigenvalue weighted by molar-refractivity contribution is 0.0635. The molecule has 0 bridgehead atoms. The van der Waals surface area contributed by atoms with E-state index in [0.717, 1.165) is 0 Å². The lowest BCUT2D eigenvalue weighted by Gasteiger charge is -2.20. The summed E-state index contributed by atoms with van der Waals surface area (Å²) in [4.78, 5) is 11.5. The average Bonchev–Trinajstić information content (AvgIpc) is 2.15. The highest BCUT2D eigenvalue weighted by molar-refractivity contribution is 5.86.